The molecule has 0 spiro atoms. The fourth-order valence-electron chi connectivity index (χ4n) is 1.62. The number of carbonyl (C=O) groups is 1. The molecule has 17 heavy (non-hydrogen) atoms. The van der Waals surface area contributed by atoms with Crippen molar-refractivity contribution in [3.05, 3.63) is 29.8 Å². The minimum Gasteiger partial charge on any atom is -0.497 e. The predicted molar refractivity (Wildman–Crippen MR) is 61.9 cm³/mol. The van der Waals surface area contributed by atoms with Crippen molar-refractivity contribution < 1.29 is 19.0 Å². The predicted octanol–water partition coefficient (Wildman–Crippen LogP) is 2.09. The molecule has 4 nitrogen and oxygen atoms in total. The fraction of sp³-hybridized carbons (Fsp3) is 0.462. The van der Waals surface area contributed by atoms with Crippen LogP contribution in [-0.2, 0) is 14.3 Å². The molecule has 0 aromatic heterocycles. The van der Waals surface area contributed by atoms with Gasteiger partial charge in [0.25, 0.3) is 0 Å². The lowest BCUT2D eigenvalue weighted by Gasteiger charge is -2.01. The third-order valence-electron chi connectivity index (χ3n) is 2.62. The zero-order valence-electron chi connectivity index (χ0n) is 10.0. The molecule has 0 saturated carbocycles. The molecule has 92 valence electrons. The molecule has 0 aliphatic carbocycles. The zero-order chi connectivity index (χ0) is 12.3. The molecule has 1 heterocycles. The summed E-state index contributed by atoms with van der Waals surface area (Å²) in [6.45, 7) is 2.41. The van der Waals surface area contributed by atoms with Gasteiger partial charge in [-0.3, -0.25) is 0 Å². The van der Waals surface area contributed by atoms with Gasteiger partial charge in [0.15, 0.2) is 6.10 Å². The van der Waals surface area contributed by atoms with Crippen LogP contribution < -0.4 is 4.74 Å². The van der Waals surface area contributed by atoms with Gasteiger partial charge in [0.05, 0.1) is 13.7 Å². The van der Waals surface area contributed by atoms with Gasteiger partial charge in [-0.25, -0.2) is 4.79 Å². The Morgan fingerprint density at radius 2 is 2.06 bits per heavy atom. The highest BCUT2D eigenvalue weighted by atomic mass is 16.6. The van der Waals surface area contributed by atoms with Crippen molar-refractivity contribution in [1.82, 2.24) is 0 Å². The molecule has 1 aromatic carbocycles. The third kappa shape index (κ3) is 2.77. The average Bonchev–Trinajstić information content (AvgIpc) is 3.16. The summed E-state index contributed by atoms with van der Waals surface area (Å²) in [7, 11) is 1.62. The van der Waals surface area contributed by atoms with Crippen molar-refractivity contribution in [3.63, 3.8) is 0 Å². The van der Waals surface area contributed by atoms with Crippen LogP contribution in [0.1, 0.15) is 25.0 Å². The van der Waals surface area contributed by atoms with Crippen molar-refractivity contribution >= 4 is 5.97 Å². The summed E-state index contributed by atoms with van der Waals surface area (Å²) in [4.78, 5) is 11.5. The van der Waals surface area contributed by atoms with Crippen LogP contribution in [0.3, 0.4) is 0 Å². The third-order valence-corrected chi connectivity index (χ3v) is 2.62. The number of hydrogen-bond acceptors (Lipinski definition) is 4. The van der Waals surface area contributed by atoms with Crippen LogP contribution in [-0.4, -0.2) is 25.8 Å². The largest absolute Gasteiger partial charge is 0.497 e. The van der Waals surface area contributed by atoms with Crippen LogP contribution in [0.4, 0.5) is 0 Å². The first-order valence-electron chi connectivity index (χ1n) is 5.72. The maximum atomic E-state index is 11.5. The molecular formula is C13H16O4. The first-order chi connectivity index (χ1) is 8.26. The molecule has 1 aromatic rings. The molecule has 1 fully saturated rings. The Balaban J connectivity index is 1.90. The Labute approximate surface area is 100 Å². The topological polar surface area (TPSA) is 48.1 Å². The van der Waals surface area contributed by atoms with E-state index in [1.165, 1.54) is 0 Å². The molecule has 2 atom stereocenters. The van der Waals surface area contributed by atoms with Crippen LogP contribution in [0.2, 0.25) is 0 Å². The highest BCUT2D eigenvalue weighted by Crippen LogP contribution is 2.39. The lowest BCUT2D eigenvalue weighted by Crippen LogP contribution is -2.12. The quantitative estimate of drug-likeness (QED) is 0.580. The SMILES string of the molecule is CCCOC(=O)[C@H]1O[C@@H]1c1ccc(OC)cc1. The van der Waals surface area contributed by atoms with Crippen molar-refractivity contribution in [3.8, 4) is 5.75 Å². The van der Waals surface area contributed by atoms with Crippen LogP contribution >= 0.6 is 0 Å². The van der Waals surface area contributed by atoms with Crippen molar-refractivity contribution in [1.29, 1.82) is 0 Å². The van der Waals surface area contributed by atoms with Gasteiger partial charge >= 0.3 is 5.97 Å². The molecule has 2 rings (SSSR count). The Morgan fingerprint density at radius 3 is 2.65 bits per heavy atom. The lowest BCUT2D eigenvalue weighted by molar-refractivity contribution is -0.145. The van der Waals surface area contributed by atoms with Crippen molar-refractivity contribution in [2.45, 2.75) is 25.6 Å². The summed E-state index contributed by atoms with van der Waals surface area (Å²) in [5.74, 6) is 0.521. The number of epoxide rings is 1. The zero-order valence-corrected chi connectivity index (χ0v) is 10.0. The second-order valence-electron chi connectivity index (χ2n) is 3.92. The van der Waals surface area contributed by atoms with E-state index < -0.39 is 6.10 Å². The van der Waals surface area contributed by atoms with Gasteiger partial charge in [-0.2, -0.15) is 0 Å². The summed E-state index contributed by atoms with van der Waals surface area (Å²) in [5.41, 5.74) is 0.976. The van der Waals surface area contributed by atoms with Gasteiger partial charge in [-0.1, -0.05) is 19.1 Å². The van der Waals surface area contributed by atoms with E-state index in [2.05, 4.69) is 0 Å². The van der Waals surface area contributed by atoms with E-state index in [1.54, 1.807) is 7.11 Å². The summed E-state index contributed by atoms with van der Waals surface area (Å²) in [5, 5.41) is 0. The van der Waals surface area contributed by atoms with Gasteiger partial charge in [-0.05, 0) is 24.1 Å². The van der Waals surface area contributed by atoms with Gasteiger partial charge in [0, 0.05) is 0 Å². The summed E-state index contributed by atoms with van der Waals surface area (Å²) >= 11 is 0. The van der Waals surface area contributed by atoms with E-state index in [4.69, 9.17) is 14.2 Å². The Kier molecular flexibility index (Phi) is 3.64. The number of carbonyl (C=O) groups excluding carboxylic acids is 1. The molecule has 0 bridgehead atoms. The van der Waals surface area contributed by atoms with Gasteiger partial charge < -0.3 is 14.2 Å². The maximum Gasteiger partial charge on any atom is 0.338 e. The van der Waals surface area contributed by atoms with Gasteiger partial charge in [0.2, 0.25) is 0 Å². The standard InChI is InChI=1S/C13H16O4/c1-3-8-16-13(14)12-11(17-12)9-4-6-10(15-2)7-5-9/h4-7,11-12H,3,8H2,1-2H3/t11-,12+/m1/s1. The second-order valence-corrected chi connectivity index (χ2v) is 3.92. The average molecular weight is 236 g/mol. The lowest BCUT2D eigenvalue weighted by atomic mass is 10.1. The van der Waals surface area contributed by atoms with Crippen LogP contribution in [0.5, 0.6) is 5.75 Å². The van der Waals surface area contributed by atoms with E-state index in [-0.39, 0.29) is 12.1 Å². The van der Waals surface area contributed by atoms with Crippen LogP contribution in [0, 0.1) is 0 Å². The van der Waals surface area contributed by atoms with E-state index in [1.807, 2.05) is 31.2 Å². The van der Waals surface area contributed by atoms with Crippen molar-refractivity contribution in [2.24, 2.45) is 0 Å². The van der Waals surface area contributed by atoms with Gasteiger partial charge in [0.1, 0.15) is 11.9 Å². The van der Waals surface area contributed by atoms with Gasteiger partial charge in [-0.15, -0.1) is 0 Å². The molecule has 4 heteroatoms. The monoisotopic (exact) mass is 236 g/mol. The molecule has 0 unspecified atom stereocenters. The Hall–Kier alpha value is -1.55. The number of methoxy groups -OCH3 is 1. The molecule has 1 saturated heterocycles. The van der Waals surface area contributed by atoms with Crippen LogP contribution in [0.15, 0.2) is 24.3 Å². The number of hydrogen-bond donors (Lipinski definition) is 0. The Bertz CT molecular complexity index is 385. The second kappa shape index (κ2) is 5.19. The van der Waals surface area contributed by atoms with E-state index in [0.29, 0.717) is 6.61 Å². The number of benzene rings is 1. The van der Waals surface area contributed by atoms with E-state index >= 15 is 0 Å². The van der Waals surface area contributed by atoms with E-state index in [0.717, 1.165) is 17.7 Å². The summed E-state index contributed by atoms with van der Waals surface area (Å²) in [6, 6.07) is 7.50. The first kappa shape index (κ1) is 11.9. The summed E-state index contributed by atoms with van der Waals surface area (Å²) < 4.78 is 15.4. The number of rotatable bonds is 5. The minimum atomic E-state index is -0.435. The highest BCUT2D eigenvalue weighted by Gasteiger charge is 2.47. The minimum absolute atomic E-state index is 0.162. The molecule has 1 aliphatic rings. The molecule has 1 aliphatic heterocycles. The molecular weight excluding hydrogens is 220 g/mol. The Morgan fingerprint density at radius 1 is 1.35 bits per heavy atom. The van der Waals surface area contributed by atoms with Crippen molar-refractivity contribution in [2.75, 3.05) is 13.7 Å². The maximum absolute atomic E-state index is 11.5. The number of esters is 1. The smallest absolute Gasteiger partial charge is 0.338 e. The summed E-state index contributed by atoms with van der Waals surface area (Å²) in [6.07, 6.45) is 0.228. The normalized spacial score (nSPS) is 22.0. The highest BCUT2D eigenvalue weighted by molar-refractivity contribution is 5.78. The fourth-order valence-corrected chi connectivity index (χ4v) is 1.62. The first-order valence-corrected chi connectivity index (χ1v) is 5.72. The van der Waals surface area contributed by atoms with Crippen LogP contribution in [0.25, 0.3) is 0 Å². The molecule has 0 radical (unpaired) electrons. The molecule has 0 amide bonds. The number of ether oxygens (including phenoxy) is 3. The van der Waals surface area contributed by atoms with E-state index in [9.17, 15) is 4.79 Å². The molecule has 0 N–H and O–H groups in total.